The summed E-state index contributed by atoms with van der Waals surface area (Å²) >= 11 is 0. The molecule has 0 saturated carbocycles. The molecule has 236 valence electrons. The lowest BCUT2D eigenvalue weighted by molar-refractivity contribution is 1.07. The number of hydrogen-bond donors (Lipinski definition) is 0. The van der Waals surface area contributed by atoms with Crippen molar-refractivity contribution in [3.05, 3.63) is 164 Å². The Morgan fingerprint density at radius 3 is 1.75 bits per heavy atom. The average Bonchev–Trinajstić information content (AvgIpc) is 3.51. The molecule has 3 heterocycles. The van der Waals surface area contributed by atoms with Crippen molar-refractivity contribution in [3.8, 4) is 62.1 Å². The molecule has 0 N–H and O–H groups in total. The summed E-state index contributed by atoms with van der Waals surface area (Å²) in [5, 5.41) is 6.08. The van der Waals surface area contributed by atoms with Crippen LogP contribution in [-0.2, 0) is 0 Å². The summed E-state index contributed by atoms with van der Waals surface area (Å²) in [5.74, 6) is 1.90. The van der Waals surface area contributed by atoms with Gasteiger partial charge in [0.25, 0.3) is 0 Å². The van der Waals surface area contributed by atoms with E-state index in [1.165, 1.54) is 43.8 Å². The molecule has 0 saturated heterocycles. The molecule has 51 heavy (non-hydrogen) atoms. The predicted molar refractivity (Wildman–Crippen MR) is 208 cm³/mol. The molecule has 5 nitrogen and oxygen atoms in total. The Hall–Kier alpha value is -6.98. The number of fused-ring (bicyclic) bond motifs is 5. The van der Waals surface area contributed by atoms with Crippen LogP contribution in [-0.4, -0.2) is 24.5 Å². The van der Waals surface area contributed by atoms with Crippen LogP contribution in [0.3, 0.4) is 0 Å². The number of rotatable bonds is 4. The second-order valence-corrected chi connectivity index (χ2v) is 13.1. The fraction of sp³-hybridized carbons (Fsp3) is 0. The minimum Gasteiger partial charge on any atom is -0.307 e. The maximum absolute atomic E-state index is 5.05. The van der Waals surface area contributed by atoms with Crippen LogP contribution in [0.2, 0.25) is 0 Å². The molecule has 7 aromatic carbocycles. The molecule has 11 rings (SSSR count). The van der Waals surface area contributed by atoms with E-state index in [0.717, 1.165) is 44.3 Å². The van der Waals surface area contributed by atoms with Crippen molar-refractivity contribution in [1.82, 2.24) is 24.5 Å². The minimum atomic E-state index is 0.622. The first-order chi connectivity index (χ1) is 25.3. The van der Waals surface area contributed by atoms with Crippen molar-refractivity contribution in [2.45, 2.75) is 0 Å². The molecule has 1 aliphatic rings. The lowest BCUT2D eigenvalue weighted by Crippen LogP contribution is -2.01. The van der Waals surface area contributed by atoms with Gasteiger partial charge in [-0.1, -0.05) is 127 Å². The molecular formula is C46H27N5. The van der Waals surface area contributed by atoms with Crippen LogP contribution in [0, 0.1) is 0 Å². The molecule has 5 heteroatoms. The van der Waals surface area contributed by atoms with Gasteiger partial charge in [-0.05, 0) is 63.4 Å². The fourth-order valence-electron chi connectivity index (χ4n) is 7.98. The maximum atomic E-state index is 5.05. The van der Waals surface area contributed by atoms with Gasteiger partial charge in [0.05, 0.1) is 16.6 Å². The monoisotopic (exact) mass is 649 g/mol. The number of nitrogens with zero attached hydrogens (tertiary/aromatic N) is 5. The van der Waals surface area contributed by atoms with Crippen LogP contribution >= 0.6 is 0 Å². The molecule has 0 spiro atoms. The first-order valence-corrected chi connectivity index (χ1v) is 17.2. The van der Waals surface area contributed by atoms with Crippen molar-refractivity contribution in [1.29, 1.82) is 0 Å². The summed E-state index contributed by atoms with van der Waals surface area (Å²) in [7, 11) is 0. The predicted octanol–water partition coefficient (Wildman–Crippen LogP) is 11.3. The minimum absolute atomic E-state index is 0.622. The zero-order chi connectivity index (χ0) is 33.5. The Morgan fingerprint density at radius 1 is 0.392 bits per heavy atom. The third kappa shape index (κ3) is 4.15. The van der Waals surface area contributed by atoms with Gasteiger partial charge in [-0.2, -0.15) is 0 Å². The second-order valence-electron chi connectivity index (χ2n) is 13.1. The molecule has 0 unspecified atom stereocenters. The van der Waals surface area contributed by atoms with Crippen LogP contribution in [0.5, 0.6) is 0 Å². The van der Waals surface area contributed by atoms with Crippen molar-refractivity contribution < 1.29 is 0 Å². The van der Waals surface area contributed by atoms with E-state index in [2.05, 4.69) is 95.6 Å². The maximum Gasteiger partial charge on any atom is 0.164 e. The molecule has 0 fully saturated rings. The average molecular weight is 650 g/mol. The van der Waals surface area contributed by atoms with E-state index >= 15 is 0 Å². The van der Waals surface area contributed by atoms with Gasteiger partial charge in [0, 0.05) is 44.7 Å². The normalized spacial score (nSPS) is 11.9. The summed E-state index contributed by atoms with van der Waals surface area (Å²) in [6.07, 6.45) is 1.90. The highest BCUT2D eigenvalue weighted by Crippen LogP contribution is 2.51. The van der Waals surface area contributed by atoms with Crippen LogP contribution in [0.4, 0.5) is 0 Å². The zero-order valence-electron chi connectivity index (χ0n) is 27.3. The smallest absolute Gasteiger partial charge is 0.164 e. The summed E-state index contributed by atoms with van der Waals surface area (Å²) in [6.45, 7) is 0. The molecular weight excluding hydrogens is 623 g/mol. The highest BCUT2D eigenvalue weighted by Gasteiger charge is 2.27. The Morgan fingerprint density at radius 2 is 1.00 bits per heavy atom. The molecule has 0 bridgehead atoms. The van der Waals surface area contributed by atoms with Crippen LogP contribution in [0.1, 0.15) is 0 Å². The summed E-state index contributed by atoms with van der Waals surface area (Å²) < 4.78 is 2.40. The van der Waals surface area contributed by atoms with Gasteiger partial charge in [-0.15, -0.1) is 0 Å². The van der Waals surface area contributed by atoms with E-state index in [-0.39, 0.29) is 0 Å². The van der Waals surface area contributed by atoms with Crippen LogP contribution in [0.25, 0.3) is 106 Å². The standard InChI is InChI=1S/C46H27N5/c1-3-12-29(13-4-1)44-48-45(30-14-5-2-6-15-30)50-46(49-44)32-17-9-19-33(26-32)51-38-24-23-28-16-10-22-36-34-20-7-8-21-35(34)37-27-31-18-11-25-47-42(31)43(51)40(37)41(38)39(28)36/h1-27H. The molecule has 3 aromatic heterocycles. The zero-order valence-corrected chi connectivity index (χ0v) is 27.3. The summed E-state index contributed by atoms with van der Waals surface area (Å²) in [5.41, 5.74) is 12.0. The lowest BCUT2D eigenvalue weighted by Gasteiger charge is -2.15. The topological polar surface area (TPSA) is 56.5 Å². The second kappa shape index (κ2) is 10.8. The van der Waals surface area contributed by atoms with Gasteiger partial charge in [0.15, 0.2) is 17.5 Å². The number of hydrogen-bond acceptors (Lipinski definition) is 4. The Balaban J connectivity index is 1.23. The van der Waals surface area contributed by atoms with Gasteiger partial charge in [-0.3, -0.25) is 4.98 Å². The van der Waals surface area contributed by atoms with E-state index in [9.17, 15) is 0 Å². The van der Waals surface area contributed by atoms with Gasteiger partial charge in [-0.25, -0.2) is 15.0 Å². The van der Waals surface area contributed by atoms with E-state index in [1.807, 2.05) is 72.9 Å². The summed E-state index contributed by atoms with van der Waals surface area (Å²) in [4.78, 5) is 20.1. The molecule has 0 radical (unpaired) electrons. The van der Waals surface area contributed by atoms with Crippen LogP contribution in [0.15, 0.2) is 164 Å². The van der Waals surface area contributed by atoms with Crippen molar-refractivity contribution >= 4 is 43.5 Å². The Labute approximate surface area is 293 Å². The SMILES string of the molecule is c1ccc(-c2nc(-c3ccccc3)nc(-c3cccc(-n4c5ccc6cccc7c6c5c5c(cc6cccnc6c54)-c4ccccc4-7)c3)n2)cc1. The van der Waals surface area contributed by atoms with Gasteiger partial charge >= 0.3 is 0 Å². The molecule has 10 aromatic rings. The quantitative estimate of drug-likeness (QED) is 0.190. The van der Waals surface area contributed by atoms with Crippen molar-refractivity contribution in [2.75, 3.05) is 0 Å². The van der Waals surface area contributed by atoms with Gasteiger partial charge in [0.2, 0.25) is 0 Å². The molecule has 0 atom stereocenters. The van der Waals surface area contributed by atoms with E-state index < -0.39 is 0 Å². The highest BCUT2D eigenvalue weighted by atomic mass is 15.0. The number of aromatic nitrogens is 5. The number of benzene rings is 7. The van der Waals surface area contributed by atoms with E-state index in [4.69, 9.17) is 19.9 Å². The van der Waals surface area contributed by atoms with Crippen molar-refractivity contribution in [2.24, 2.45) is 0 Å². The number of pyridine rings is 1. The Kier molecular flexibility index (Phi) is 5.89. The van der Waals surface area contributed by atoms with E-state index in [1.54, 1.807) is 0 Å². The van der Waals surface area contributed by atoms with Crippen LogP contribution < -0.4 is 0 Å². The first kappa shape index (κ1) is 27.9. The van der Waals surface area contributed by atoms with E-state index in [0.29, 0.717) is 17.5 Å². The highest BCUT2D eigenvalue weighted by molar-refractivity contribution is 6.33. The lowest BCUT2D eigenvalue weighted by atomic mass is 9.93. The molecule has 0 amide bonds. The Bertz CT molecular complexity index is 2960. The molecule has 0 aliphatic heterocycles. The molecule has 1 aliphatic carbocycles. The first-order valence-electron chi connectivity index (χ1n) is 17.2. The fourth-order valence-corrected chi connectivity index (χ4v) is 7.98. The van der Waals surface area contributed by atoms with Crippen molar-refractivity contribution in [3.63, 3.8) is 0 Å². The largest absolute Gasteiger partial charge is 0.307 e. The van der Waals surface area contributed by atoms with Gasteiger partial charge in [0.1, 0.15) is 0 Å². The third-order valence-corrected chi connectivity index (χ3v) is 10.2. The summed E-state index contributed by atoms with van der Waals surface area (Å²) in [6, 6.07) is 55.3. The third-order valence-electron chi connectivity index (χ3n) is 10.2. The van der Waals surface area contributed by atoms with Gasteiger partial charge < -0.3 is 4.57 Å².